The molecule has 0 unspecified atom stereocenters. The van der Waals surface area contributed by atoms with E-state index in [4.69, 9.17) is 15.0 Å². The highest BCUT2D eigenvalue weighted by atomic mass is 16.3. The van der Waals surface area contributed by atoms with Crippen molar-refractivity contribution < 1.29 is 5.11 Å². The normalized spacial score (nSPS) is 11.1. The van der Waals surface area contributed by atoms with Crippen LogP contribution in [-0.2, 0) is 0 Å². The zero-order valence-electron chi connectivity index (χ0n) is 28.8. The van der Waals surface area contributed by atoms with Crippen molar-refractivity contribution in [2.75, 3.05) is 0 Å². The summed E-state index contributed by atoms with van der Waals surface area (Å²) >= 11 is 0. The van der Waals surface area contributed by atoms with Crippen molar-refractivity contribution in [1.82, 2.24) is 15.0 Å². The van der Waals surface area contributed by atoms with E-state index in [1.807, 2.05) is 66.7 Å². The molecule has 0 aliphatic heterocycles. The van der Waals surface area contributed by atoms with Gasteiger partial charge in [0.25, 0.3) is 0 Å². The Labute approximate surface area is 308 Å². The van der Waals surface area contributed by atoms with E-state index in [9.17, 15) is 5.11 Å². The molecule has 0 spiro atoms. The summed E-state index contributed by atoms with van der Waals surface area (Å²) in [6.45, 7) is 0. The zero-order chi connectivity index (χ0) is 35.6. The van der Waals surface area contributed by atoms with E-state index in [1.165, 1.54) is 0 Å². The van der Waals surface area contributed by atoms with Crippen molar-refractivity contribution in [1.29, 1.82) is 0 Å². The van der Waals surface area contributed by atoms with Crippen LogP contribution in [0.4, 0.5) is 0 Å². The summed E-state index contributed by atoms with van der Waals surface area (Å²) in [7, 11) is 0. The summed E-state index contributed by atoms with van der Waals surface area (Å²) < 4.78 is 0. The first-order valence-electron chi connectivity index (χ1n) is 17.7. The quantitative estimate of drug-likeness (QED) is 0.182. The summed E-state index contributed by atoms with van der Waals surface area (Å²) in [5.74, 6) is 1.73. The first-order chi connectivity index (χ1) is 26.2. The van der Waals surface area contributed by atoms with Crippen LogP contribution in [0.5, 0.6) is 5.75 Å². The Morgan fingerprint density at radius 1 is 0.264 bits per heavy atom. The summed E-state index contributed by atoms with van der Waals surface area (Å²) in [5, 5.41) is 13.9. The largest absolute Gasteiger partial charge is 0.507 e. The van der Waals surface area contributed by atoms with Crippen molar-refractivity contribution in [3.05, 3.63) is 194 Å². The standard InChI is InChI=1S/C49H33N3O/c53-45-30-16-29-44(46(45)42-28-15-14-26-40(42)38-24-11-10-23-36(38)33-17-4-1-5-18-33)49-51-47(35-21-8-3-9-22-35)50-48(52-49)43-32-31-37(34-19-6-2-7-20-34)39-25-12-13-27-41(39)43/h1-32,53H. The van der Waals surface area contributed by atoms with Gasteiger partial charge in [0.1, 0.15) is 5.75 Å². The minimum absolute atomic E-state index is 0.146. The predicted molar refractivity (Wildman–Crippen MR) is 217 cm³/mol. The molecule has 1 heterocycles. The monoisotopic (exact) mass is 679 g/mol. The number of hydrogen-bond acceptors (Lipinski definition) is 4. The number of rotatable bonds is 7. The van der Waals surface area contributed by atoms with Gasteiger partial charge in [-0.25, -0.2) is 15.0 Å². The average molecular weight is 680 g/mol. The molecular formula is C49H33N3O. The molecular weight excluding hydrogens is 647 g/mol. The highest BCUT2D eigenvalue weighted by Gasteiger charge is 2.22. The van der Waals surface area contributed by atoms with Gasteiger partial charge in [-0.3, -0.25) is 0 Å². The van der Waals surface area contributed by atoms with Gasteiger partial charge in [0.2, 0.25) is 0 Å². The second-order valence-electron chi connectivity index (χ2n) is 12.9. The third-order valence-corrected chi connectivity index (χ3v) is 9.70. The molecule has 8 aromatic carbocycles. The molecule has 0 fully saturated rings. The van der Waals surface area contributed by atoms with E-state index >= 15 is 0 Å². The van der Waals surface area contributed by atoms with Crippen LogP contribution in [0.15, 0.2) is 194 Å². The predicted octanol–water partition coefficient (Wildman–Crippen LogP) is 12.4. The fourth-order valence-corrected chi connectivity index (χ4v) is 7.23. The van der Waals surface area contributed by atoms with E-state index in [0.29, 0.717) is 28.6 Å². The number of phenols is 1. The Bertz CT molecular complexity index is 2730. The van der Waals surface area contributed by atoms with Crippen LogP contribution in [0.1, 0.15) is 0 Å². The number of phenolic OH excluding ortho intramolecular Hbond substituents is 1. The Balaban J connectivity index is 1.27. The molecule has 0 aliphatic carbocycles. The molecule has 1 aromatic heterocycles. The van der Waals surface area contributed by atoms with Gasteiger partial charge in [0, 0.05) is 22.3 Å². The van der Waals surface area contributed by atoms with Gasteiger partial charge in [-0.2, -0.15) is 0 Å². The summed E-state index contributed by atoms with van der Waals surface area (Å²) in [6, 6.07) is 65.7. The van der Waals surface area contributed by atoms with Gasteiger partial charge in [-0.05, 0) is 61.8 Å². The first kappa shape index (κ1) is 31.8. The van der Waals surface area contributed by atoms with Crippen LogP contribution in [0.2, 0.25) is 0 Å². The summed E-state index contributed by atoms with van der Waals surface area (Å²) in [4.78, 5) is 15.4. The molecule has 9 rings (SSSR count). The number of fused-ring (bicyclic) bond motifs is 1. The maximum atomic E-state index is 11.7. The SMILES string of the molecule is Oc1cccc(-c2nc(-c3ccccc3)nc(-c3ccc(-c4ccccc4)c4ccccc34)n2)c1-c1ccccc1-c1ccccc1-c1ccccc1. The Kier molecular flexibility index (Phi) is 8.31. The molecule has 0 saturated heterocycles. The van der Waals surface area contributed by atoms with Crippen molar-refractivity contribution in [2.45, 2.75) is 0 Å². The molecule has 4 nitrogen and oxygen atoms in total. The van der Waals surface area contributed by atoms with Gasteiger partial charge in [0.15, 0.2) is 17.5 Å². The minimum atomic E-state index is 0.146. The smallest absolute Gasteiger partial charge is 0.164 e. The topological polar surface area (TPSA) is 58.9 Å². The number of nitrogens with zero attached hydrogens (tertiary/aromatic N) is 3. The molecule has 0 saturated carbocycles. The second kappa shape index (κ2) is 13.9. The molecule has 53 heavy (non-hydrogen) atoms. The molecule has 0 atom stereocenters. The Morgan fingerprint density at radius 3 is 1.32 bits per heavy atom. The molecule has 0 aliphatic rings. The molecule has 4 heteroatoms. The highest BCUT2D eigenvalue weighted by Crippen LogP contribution is 2.45. The van der Waals surface area contributed by atoms with Crippen molar-refractivity contribution >= 4 is 10.8 Å². The zero-order valence-corrected chi connectivity index (χ0v) is 28.8. The first-order valence-corrected chi connectivity index (χ1v) is 17.7. The number of aromatic hydroxyl groups is 1. The number of benzene rings is 8. The lowest BCUT2D eigenvalue weighted by Crippen LogP contribution is -2.02. The van der Waals surface area contributed by atoms with Crippen LogP contribution in [-0.4, -0.2) is 20.1 Å². The van der Waals surface area contributed by atoms with Crippen molar-refractivity contribution in [3.8, 4) is 84.4 Å². The van der Waals surface area contributed by atoms with E-state index in [2.05, 4.69) is 121 Å². The third-order valence-electron chi connectivity index (χ3n) is 9.70. The van der Waals surface area contributed by atoms with Crippen molar-refractivity contribution in [3.63, 3.8) is 0 Å². The van der Waals surface area contributed by atoms with Gasteiger partial charge in [-0.15, -0.1) is 0 Å². The van der Waals surface area contributed by atoms with Crippen LogP contribution < -0.4 is 0 Å². The van der Waals surface area contributed by atoms with Crippen LogP contribution in [0, 0.1) is 0 Å². The molecule has 0 amide bonds. The molecule has 250 valence electrons. The number of aromatic nitrogens is 3. The van der Waals surface area contributed by atoms with E-state index in [0.717, 1.165) is 60.8 Å². The lowest BCUT2D eigenvalue weighted by molar-refractivity contribution is 0.477. The van der Waals surface area contributed by atoms with Gasteiger partial charge >= 0.3 is 0 Å². The molecule has 9 aromatic rings. The molecule has 0 bridgehead atoms. The minimum Gasteiger partial charge on any atom is -0.507 e. The summed E-state index contributed by atoms with van der Waals surface area (Å²) in [6.07, 6.45) is 0. The fraction of sp³-hybridized carbons (Fsp3) is 0. The Hall–Kier alpha value is -7.17. The van der Waals surface area contributed by atoms with Crippen LogP contribution in [0.3, 0.4) is 0 Å². The lowest BCUT2D eigenvalue weighted by atomic mass is 9.87. The van der Waals surface area contributed by atoms with Crippen LogP contribution in [0.25, 0.3) is 89.4 Å². The number of hydrogen-bond donors (Lipinski definition) is 1. The fourth-order valence-electron chi connectivity index (χ4n) is 7.23. The van der Waals surface area contributed by atoms with E-state index in [-0.39, 0.29) is 5.75 Å². The average Bonchev–Trinajstić information content (AvgIpc) is 3.24. The van der Waals surface area contributed by atoms with E-state index in [1.54, 1.807) is 6.07 Å². The van der Waals surface area contributed by atoms with Gasteiger partial charge in [0.05, 0.1) is 0 Å². The molecule has 1 N–H and O–H groups in total. The maximum absolute atomic E-state index is 11.7. The van der Waals surface area contributed by atoms with Crippen LogP contribution >= 0.6 is 0 Å². The van der Waals surface area contributed by atoms with Crippen molar-refractivity contribution in [2.24, 2.45) is 0 Å². The maximum Gasteiger partial charge on any atom is 0.164 e. The third kappa shape index (κ3) is 6.02. The van der Waals surface area contributed by atoms with Gasteiger partial charge in [-0.1, -0.05) is 182 Å². The van der Waals surface area contributed by atoms with E-state index < -0.39 is 0 Å². The highest BCUT2D eigenvalue weighted by molar-refractivity contribution is 6.04. The lowest BCUT2D eigenvalue weighted by Gasteiger charge is -2.18. The second-order valence-corrected chi connectivity index (χ2v) is 12.9. The Morgan fingerprint density at radius 2 is 0.679 bits per heavy atom. The molecule has 0 radical (unpaired) electrons. The van der Waals surface area contributed by atoms with Gasteiger partial charge < -0.3 is 5.11 Å². The summed E-state index contributed by atoms with van der Waals surface area (Å²) in [5.41, 5.74) is 10.6.